The van der Waals surface area contributed by atoms with Gasteiger partial charge in [0.2, 0.25) is 0 Å². The van der Waals surface area contributed by atoms with Crippen molar-refractivity contribution in [3.8, 4) is 0 Å². The third kappa shape index (κ3) is 3.89. The number of nitrogens with zero attached hydrogens (tertiary/aromatic N) is 6. The van der Waals surface area contributed by atoms with Crippen molar-refractivity contribution in [3.63, 3.8) is 0 Å². The number of aryl methyl sites for hydroxylation is 1. The van der Waals surface area contributed by atoms with Crippen LogP contribution < -0.4 is 0 Å². The van der Waals surface area contributed by atoms with Crippen LogP contribution in [0.25, 0.3) is 0 Å². The number of hydrogen-bond donors (Lipinski definition) is 0. The van der Waals surface area contributed by atoms with E-state index in [2.05, 4.69) is 15.3 Å². The Morgan fingerprint density at radius 2 is 2.21 bits per heavy atom. The average molecular weight is 348 g/mol. The summed E-state index contributed by atoms with van der Waals surface area (Å²) in [5, 5.41) is 25.9. The summed E-state index contributed by atoms with van der Waals surface area (Å²) >= 11 is 1.21. The van der Waals surface area contributed by atoms with Gasteiger partial charge in [0.1, 0.15) is 6.33 Å². The molecule has 2 aromatic rings. The van der Waals surface area contributed by atoms with Gasteiger partial charge in [-0.1, -0.05) is 6.07 Å². The second-order valence-corrected chi connectivity index (χ2v) is 6.13. The van der Waals surface area contributed by atoms with E-state index in [0.29, 0.717) is 28.8 Å². The van der Waals surface area contributed by atoms with Crippen LogP contribution >= 0.6 is 11.8 Å². The first kappa shape index (κ1) is 16.4. The summed E-state index contributed by atoms with van der Waals surface area (Å²) in [6.07, 6.45) is 3.19. The molecule has 0 unspecified atom stereocenters. The molecule has 0 radical (unpaired) electrons. The Hall–Kier alpha value is -2.46. The fourth-order valence-corrected chi connectivity index (χ4v) is 2.97. The summed E-state index contributed by atoms with van der Waals surface area (Å²) in [4.78, 5) is 11.5. The normalized spacial score (nSPS) is 15.1. The number of benzene rings is 1. The summed E-state index contributed by atoms with van der Waals surface area (Å²) in [5.41, 5.74) is 0.699. The van der Waals surface area contributed by atoms with Crippen molar-refractivity contribution in [2.24, 2.45) is 12.1 Å². The van der Waals surface area contributed by atoms with Crippen LogP contribution in [0.1, 0.15) is 5.56 Å². The highest BCUT2D eigenvalue weighted by Crippen LogP contribution is 2.33. The highest BCUT2D eigenvalue weighted by atomic mass is 32.2. The number of morpholine rings is 1. The van der Waals surface area contributed by atoms with Gasteiger partial charge in [0.05, 0.1) is 42.3 Å². The summed E-state index contributed by atoms with van der Waals surface area (Å²) in [6.45, 7) is 2.73. The van der Waals surface area contributed by atoms with Gasteiger partial charge >= 0.3 is 0 Å². The lowest BCUT2D eigenvalue weighted by Crippen LogP contribution is -2.32. The fraction of sp³-hybridized carbons (Fsp3) is 0.357. The Balaban J connectivity index is 1.80. The van der Waals surface area contributed by atoms with Crippen molar-refractivity contribution < 1.29 is 9.66 Å². The molecule has 1 aromatic carbocycles. The summed E-state index contributed by atoms with van der Waals surface area (Å²) in [7, 11) is 1.79. The Labute approximate surface area is 142 Å². The lowest BCUT2D eigenvalue weighted by Gasteiger charge is -2.23. The van der Waals surface area contributed by atoms with Crippen LogP contribution in [-0.4, -0.2) is 57.2 Å². The minimum Gasteiger partial charge on any atom is -0.378 e. The Morgan fingerprint density at radius 3 is 2.88 bits per heavy atom. The first-order valence-electron chi connectivity index (χ1n) is 7.30. The molecule has 24 heavy (non-hydrogen) atoms. The lowest BCUT2D eigenvalue weighted by molar-refractivity contribution is -0.387. The Kier molecular flexibility index (Phi) is 5.06. The number of hydrogen-bond acceptors (Lipinski definition) is 8. The minimum atomic E-state index is -0.398. The van der Waals surface area contributed by atoms with E-state index in [9.17, 15) is 10.1 Å². The average Bonchev–Trinajstić information content (AvgIpc) is 2.99. The van der Waals surface area contributed by atoms with Gasteiger partial charge in [-0.15, -0.1) is 10.2 Å². The van der Waals surface area contributed by atoms with E-state index in [1.807, 2.05) is 5.01 Å². The summed E-state index contributed by atoms with van der Waals surface area (Å²) in [5.74, 6) is 0. The Bertz CT molecular complexity index is 757. The van der Waals surface area contributed by atoms with E-state index in [-0.39, 0.29) is 5.69 Å². The lowest BCUT2D eigenvalue weighted by atomic mass is 10.2. The molecule has 1 aliphatic rings. The van der Waals surface area contributed by atoms with Crippen molar-refractivity contribution in [3.05, 3.63) is 40.2 Å². The molecule has 0 saturated carbocycles. The maximum Gasteiger partial charge on any atom is 0.283 e. The summed E-state index contributed by atoms with van der Waals surface area (Å²) in [6, 6.07) is 5.02. The third-order valence-corrected chi connectivity index (χ3v) is 4.53. The van der Waals surface area contributed by atoms with Crippen LogP contribution in [0, 0.1) is 10.1 Å². The molecule has 0 amide bonds. The molecule has 126 valence electrons. The smallest absolute Gasteiger partial charge is 0.283 e. The largest absolute Gasteiger partial charge is 0.378 e. The highest BCUT2D eigenvalue weighted by Gasteiger charge is 2.17. The van der Waals surface area contributed by atoms with Crippen molar-refractivity contribution in [1.29, 1.82) is 0 Å². The first-order chi connectivity index (χ1) is 11.6. The summed E-state index contributed by atoms with van der Waals surface area (Å²) < 4.78 is 6.97. The minimum absolute atomic E-state index is 0.0222. The van der Waals surface area contributed by atoms with Gasteiger partial charge in [-0.05, 0) is 17.8 Å². The van der Waals surface area contributed by atoms with Gasteiger partial charge < -0.3 is 9.30 Å². The zero-order valence-electron chi connectivity index (χ0n) is 13.0. The van der Waals surface area contributed by atoms with Crippen molar-refractivity contribution in [2.75, 3.05) is 26.3 Å². The number of nitro groups is 1. The molecule has 2 heterocycles. The van der Waals surface area contributed by atoms with E-state index in [1.165, 1.54) is 17.8 Å². The molecule has 1 fully saturated rings. The van der Waals surface area contributed by atoms with Crippen LogP contribution in [0.15, 0.2) is 39.7 Å². The van der Waals surface area contributed by atoms with Gasteiger partial charge in [0.25, 0.3) is 5.69 Å². The van der Waals surface area contributed by atoms with Crippen molar-refractivity contribution in [2.45, 2.75) is 10.1 Å². The van der Waals surface area contributed by atoms with Gasteiger partial charge in [0, 0.05) is 18.7 Å². The number of ether oxygens (including phenoxy) is 1. The Morgan fingerprint density at radius 1 is 1.42 bits per heavy atom. The number of hydrazone groups is 1. The molecule has 1 aromatic heterocycles. The standard InChI is InChI=1S/C14H16N6O3S/c1-18-10-15-17-14(18)24-13-3-2-11(8-12(13)20(21)22)9-16-19-4-6-23-7-5-19/h2-3,8-10H,4-7H2,1H3. The zero-order valence-corrected chi connectivity index (χ0v) is 13.8. The van der Waals surface area contributed by atoms with E-state index < -0.39 is 4.92 Å². The second-order valence-electron chi connectivity index (χ2n) is 5.12. The van der Waals surface area contributed by atoms with Crippen molar-refractivity contribution >= 4 is 23.7 Å². The molecule has 0 spiro atoms. The van der Waals surface area contributed by atoms with E-state index >= 15 is 0 Å². The van der Waals surface area contributed by atoms with Gasteiger partial charge in [-0.25, -0.2) is 0 Å². The zero-order chi connectivity index (χ0) is 16.9. The fourth-order valence-electron chi connectivity index (χ4n) is 2.12. The first-order valence-corrected chi connectivity index (χ1v) is 8.12. The maximum absolute atomic E-state index is 11.4. The molecule has 1 aliphatic heterocycles. The number of rotatable bonds is 5. The van der Waals surface area contributed by atoms with E-state index in [1.54, 1.807) is 36.3 Å². The monoisotopic (exact) mass is 348 g/mol. The predicted molar refractivity (Wildman–Crippen MR) is 88.2 cm³/mol. The van der Waals surface area contributed by atoms with Crippen LogP contribution in [0.5, 0.6) is 0 Å². The van der Waals surface area contributed by atoms with Gasteiger partial charge in [-0.2, -0.15) is 5.10 Å². The molecule has 0 N–H and O–H groups in total. The molecular formula is C14H16N6O3S. The topological polar surface area (TPSA) is 98.7 Å². The molecule has 0 bridgehead atoms. The van der Waals surface area contributed by atoms with Gasteiger partial charge in [0.15, 0.2) is 5.16 Å². The number of nitro benzene ring substituents is 1. The maximum atomic E-state index is 11.4. The molecule has 3 rings (SSSR count). The van der Waals surface area contributed by atoms with Crippen molar-refractivity contribution in [1.82, 2.24) is 19.8 Å². The van der Waals surface area contributed by atoms with Crippen LogP contribution in [-0.2, 0) is 11.8 Å². The molecule has 10 heteroatoms. The van der Waals surface area contributed by atoms with E-state index in [4.69, 9.17) is 4.74 Å². The number of aromatic nitrogens is 3. The van der Waals surface area contributed by atoms with Crippen LogP contribution in [0.3, 0.4) is 0 Å². The van der Waals surface area contributed by atoms with Crippen LogP contribution in [0.4, 0.5) is 5.69 Å². The molecular weight excluding hydrogens is 332 g/mol. The predicted octanol–water partition coefficient (Wildman–Crippen LogP) is 1.54. The quantitative estimate of drug-likeness (QED) is 0.459. The highest BCUT2D eigenvalue weighted by molar-refractivity contribution is 7.99. The molecule has 1 saturated heterocycles. The van der Waals surface area contributed by atoms with E-state index in [0.717, 1.165) is 13.1 Å². The molecule has 9 nitrogen and oxygen atoms in total. The third-order valence-electron chi connectivity index (χ3n) is 3.41. The SMILES string of the molecule is Cn1cnnc1Sc1ccc(C=NN2CCOCC2)cc1[N+](=O)[O-]. The molecule has 0 aliphatic carbocycles. The molecule has 0 atom stereocenters. The van der Waals surface area contributed by atoms with Gasteiger partial charge in [-0.3, -0.25) is 15.1 Å². The second kappa shape index (κ2) is 7.41. The van der Waals surface area contributed by atoms with Crippen LogP contribution in [0.2, 0.25) is 0 Å².